The number of pyridine rings is 1. The van der Waals surface area contributed by atoms with E-state index in [1.165, 1.54) is 25.1 Å². The van der Waals surface area contributed by atoms with Crippen molar-refractivity contribution in [1.29, 1.82) is 0 Å². The molecule has 13 nitrogen and oxygen atoms in total. The molecule has 3 aromatic carbocycles. The first-order valence-electron chi connectivity index (χ1n) is 14.5. The molecule has 0 spiro atoms. The minimum Gasteiger partial charge on any atom is -0.439 e. The third-order valence-corrected chi connectivity index (χ3v) is 8.53. The van der Waals surface area contributed by atoms with Gasteiger partial charge in [0.25, 0.3) is 10.0 Å². The Morgan fingerprint density at radius 3 is 2.34 bits per heavy atom. The zero-order chi connectivity index (χ0) is 36.0. The van der Waals surface area contributed by atoms with Gasteiger partial charge in [0, 0.05) is 29.4 Å². The Balaban J connectivity index is 1.41. The van der Waals surface area contributed by atoms with Gasteiger partial charge < -0.3 is 14.8 Å². The van der Waals surface area contributed by atoms with Crippen LogP contribution < -0.4 is 30.9 Å². The standard InChI is InChI=1S/C32H26ClF3N6O7S/c1-19(28(43)40-50(46,47)26-12-9-22(34)10-13-26)17-42-31(44)39-30(41(32(42)45)18-20-5-7-21(33)8-6-20)38-23-3-2-4-24(15-23)48-27-14-11-25(16-37-27)49-29(35)36/h2-16,19,29H,17-18H2,1H3,(H,40,43)(H,38,39,44)/t19-/m0/s1. The Bertz CT molecular complexity index is 2220. The first kappa shape index (κ1) is 35.6. The molecule has 0 saturated heterocycles. The van der Waals surface area contributed by atoms with E-state index < -0.39 is 52.2 Å². The van der Waals surface area contributed by atoms with Crippen LogP contribution in [0.2, 0.25) is 5.02 Å². The maximum Gasteiger partial charge on any atom is 0.387 e. The molecule has 0 bridgehead atoms. The number of anilines is 2. The molecule has 0 aliphatic heterocycles. The summed E-state index contributed by atoms with van der Waals surface area (Å²) in [6.45, 7) is -2.33. The number of alkyl halides is 2. The van der Waals surface area contributed by atoms with Crippen molar-refractivity contribution >= 4 is 39.2 Å². The highest BCUT2D eigenvalue weighted by Crippen LogP contribution is 2.26. The van der Waals surface area contributed by atoms with E-state index in [0.29, 0.717) is 20.8 Å². The van der Waals surface area contributed by atoms with Crippen LogP contribution in [-0.2, 0) is 27.9 Å². The van der Waals surface area contributed by atoms with Crippen molar-refractivity contribution in [3.8, 4) is 17.4 Å². The van der Waals surface area contributed by atoms with Gasteiger partial charge in [0.15, 0.2) is 0 Å². The minimum absolute atomic E-state index is 0.0627. The van der Waals surface area contributed by atoms with E-state index in [4.69, 9.17) is 16.3 Å². The van der Waals surface area contributed by atoms with Crippen LogP contribution in [0, 0.1) is 11.7 Å². The SMILES string of the molecule is C[C@@H](Cn1c(=O)nc(Nc2cccc(Oc3ccc(OC(F)F)cn3)c2)n(Cc2ccc(Cl)cc2)c1=O)C(=O)NS(=O)(=O)c1ccc(F)cc1. The molecule has 50 heavy (non-hydrogen) atoms. The second kappa shape index (κ2) is 15.3. The van der Waals surface area contributed by atoms with Crippen molar-refractivity contribution in [3.63, 3.8) is 0 Å². The third-order valence-electron chi connectivity index (χ3n) is 6.91. The lowest BCUT2D eigenvalue weighted by Crippen LogP contribution is -2.46. The van der Waals surface area contributed by atoms with E-state index in [1.807, 2.05) is 4.72 Å². The van der Waals surface area contributed by atoms with Gasteiger partial charge in [0.2, 0.25) is 17.7 Å². The zero-order valence-corrected chi connectivity index (χ0v) is 27.4. The van der Waals surface area contributed by atoms with Crippen molar-refractivity contribution in [2.24, 2.45) is 5.92 Å². The van der Waals surface area contributed by atoms with Gasteiger partial charge in [-0.15, -0.1) is 0 Å². The molecule has 1 atom stereocenters. The number of nitrogens with zero attached hydrogens (tertiary/aromatic N) is 4. The van der Waals surface area contributed by atoms with Gasteiger partial charge in [-0.05, 0) is 60.2 Å². The number of aromatic nitrogens is 4. The van der Waals surface area contributed by atoms with E-state index >= 15 is 0 Å². The van der Waals surface area contributed by atoms with Crippen molar-refractivity contribution in [2.45, 2.75) is 31.5 Å². The number of ether oxygens (including phenoxy) is 2. The number of hydrogen-bond acceptors (Lipinski definition) is 10. The summed E-state index contributed by atoms with van der Waals surface area (Å²) in [5.41, 5.74) is -0.974. The van der Waals surface area contributed by atoms with E-state index in [-0.39, 0.29) is 34.8 Å². The maximum absolute atomic E-state index is 13.8. The summed E-state index contributed by atoms with van der Waals surface area (Å²) in [6.07, 6.45) is 1.06. The fourth-order valence-corrected chi connectivity index (χ4v) is 5.65. The molecule has 18 heteroatoms. The highest BCUT2D eigenvalue weighted by molar-refractivity contribution is 7.90. The molecular weight excluding hydrogens is 705 g/mol. The lowest BCUT2D eigenvalue weighted by Gasteiger charge is -2.18. The number of amides is 1. The number of hydrogen-bond donors (Lipinski definition) is 2. The Kier molecular flexibility index (Phi) is 10.9. The van der Waals surface area contributed by atoms with Gasteiger partial charge in [0.1, 0.15) is 17.3 Å². The molecule has 0 aliphatic rings. The van der Waals surface area contributed by atoms with E-state index in [1.54, 1.807) is 42.5 Å². The predicted molar refractivity (Wildman–Crippen MR) is 175 cm³/mol. The number of sulfonamides is 1. The summed E-state index contributed by atoms with van der Waals surface area (Å²) >= 11 is 6.02. The Morgan fingerprint density at radius 2 is 1.68 bits per heavy atom. The smallest absolute Gasteiger partial charge is 0.387 e. The first-order chi connectivity index (χ1) is 23.8. The summed E-state index contributed by atoms with van der Waals surface area (Å²) < 4.78 is 77.2. The molecular formula is C32H26ClF3N6O7S. The average Bonchev–Trinajstić information content (AvgIpc) is 3.06. The Labute approximate surface area is 287 Å². The lowest BCUT2D eigenvalue weighted by molar-refractivity contribution is -0.123. The van der Waals surface area contributed by atoms with Gasteiger partial charge in [-0.1, -0.05) is 36.7 Å². The van der Waals surface area contributed by atoms with Gasteiger partial charge in [-0.3, -0.25) is 9.36 Å². The van der Waals surface area contributed by atoms with Crippen molar-refractivity contribution in [2.75, 3.05) is 5.32 Å². The van der Waals surface area contributed by atoms with Crippen LogP contribution in [0.3, 0.4) is 0 Å². The molecule has 5 aromatic rings. The molecule has 0 radical (unpaired) electrons. The van der Waals surface area contributed by atoms with Crippen LogP contribution in [0.15, 0.2) is 106 Å². The van der Waals surface area contributed by atoms with Crippen LogP contribution in [0.1, 0.15) is 12.5 Å². The Morgan fingerprint density at radius 1 is 0.960 bits per heavy atom. The van der Waals surface area contributed by atoms with E-state index in [0.717, 1.165) is 35.0 Å². The highest BCUT2D eigenvalue weighted by Gasteiger charge is 2.24. The molecule has 2 heterocycles. The van der Waals surface area contributed by atoms with Gasteiger partial charge in [-0.25, -0.2) is 36.7 Å². The van der Waals surface area contributed by atoms with Crippen LogP contribution in [-0.4, -0.2) is 40.0 Å². The number of carbonyl (C=O) groups excluding carboxylic acids is 1. The normalized spacial score (nSPS) is 12.0. The van der Waals surface area contributed by atoms with Crippen LogP contribution >= 0.6 is 11.6 Å². The van der Waals surface area contributed by atoms with Gasteiger partial charge in [-0.2, -0.15) is 13.8 Å². The summed E-state index contributed by atoms with van der Waals surface area (Å²) in [6, 6.07) is 19.2. The first-order valence-corrected chi connectivity index (χ1v) is 16.4. The molecule has 0 fully saturated rings. The lowest BCUT2D eigenvalue weighted by atomic mass is 10.2. The van der Waals surface area contributed by atoms with E-state index in [9.17, 15) is 36.0 Å². The summed E-state index contributed by atoms with van der Waals surface area (Å²) in [5.74, 6) is -2.92. The number of benzene rings is 3. The average molecular weight is 731 g/mol. The molecule has 260 valence electrons. The number of carbonyl (C=O) groups is 1. The van der Waals surface area contributed by atoms with Crippen molar-refractivity contribution in [1.82, 2.24) is 23.8 Å². The Hall–Kier alpha value is -5.68. The summed E-state index contributed by atoms with van der Waals surface area (Å²) in [7, 11) is -4.38. The van der Waals surface area contributed by atoms with Gasteiger partial charge >= 0.3 is 18.0 Å². The van der Waals surface area contributed by atoms with Crippen LogP contribution in [0.5, 0.6) is 17.4 Å². The minimum atomic E-state index is -4.38. The predicted octanol–water partition coefficient (Wildman–Crippen LogP) is 4.92. The summed E-state index contributed by atoms with van der Waals surface area (Å²) in [5, 5.41) is 3.37. The maximum atomic E-state index is 13.8. The molecule has 1 amide bonds. The monoisotopic (exact) mass is 730 g/mol. The number of nitrogens with one attached hydrogen (secondary N) is 2. The van der Waals surface area contributed by atoms with Crippen LogP contribution in [0.25, 0.3) is 0 Å². The highest BCUT2D eigenvalue weighted by atomic mass is 35.5. The second-order valence-corrected chi connectivity index (χ2v) is 12.7. The number of rotatable bonds is 13. The quantitative estimate of drug-likeness (QED) is 0.170. The molecule has 0 aliphatic carbocycles. The van der Waals surface area contributed by atoms with Gasteiger partial charge in [0.05, 0.1) is 23.6 Å². The second-order valence-electron chi connectivity index (χ2n) is 10.6. The largest absolute Gasteiger partial charge is 0.439 e. The van der Waals surface area contributed by atoms with Crippen molar-refractivity contribution < 1.29 is 35.9 Å². The third kappa shape index (κ3) is 9.06. The molecule has 0 unspecified atom stereocenters. The fourth-order valence-electron chi connectivity index (χ4n) is 4.45. The molecule has 0 saturated carbocycles. The zero-order valence-electron chi connectivity index (χ0n) is 25.8. The molecule has 2 aromatic heterocycles. The fraction of sp³-hybridized carbons (Fsp3) is 0.156. The summed E-state index contributed by atoms with van der Waals surface area (Å²) in [4.78, 5) is 47.5. The molecule has 2 N–H and O–H groups in total. The number of halogens is 4. The van der Waals surface area contributed by atoms with E-state index in [2.05, 4.69) is 20.0 Å². The topological polar surface area (TPSA) is 164 Å². The van der Waals surface area contributed by atoms with Crippen molar-refractivity contribution in [3.05, 3.63) is 128 Å². The molecule has 5 rings (SSSR count). The van der Waals surface area contributed by atoms with Crippen LogP contribution in [0.4, 0.5) is 24.8 Å².